The molecule has 0 amide bonds. The Hall–Kier alpha value is -1.62. The summed E-state index contributed by atoms with van der Waals surface area (Å²) in [5, 5.41) is 8.21. The summed E-state index contributed by atoms with van der Waals surface area (Å²) >= 11 is 0. The summed E-state index contributed by atoms with van der Waals surface area (Å²) in [5.41, 5.74) is 3.54. The first-order valence-corrected chi connectivity index (χ1v) is 7.84. The van der Waals surface area contributed by atoms with Gasteiger partial charge in [0.2, 0.25) is 0 Å². The number of aryl methyl sites for hydroxylation is 3. The van der Waals surface area contributed by atoms with Gasteiger partial charge in [-0.2, -0.15) is 5.10 Å². The summed E-state index contributed by atoms with van der Waals surface area (Å²) in [7, 11) is 2.00. The zero-order valence-corrected chi connectivity index (χ0v) is 13.8. The van der Waals surface area contributed by atoms with Crippen LogP contribution in [0.5, 0.6) is 0 Å². The number of rotatable bonds is 7. The highest BCUT2D eigenvalue weighted by molar-refractivity contribution is 5.33. The first-order valence-electron chi connectivity index (χ1n) is 7.84. The molecule has 2 aromatic rings. The second kappa shape index (κ2) is 6.89. The predicted octanol–water partition coefficient (Wildman–Crippen LogP) is 2.73. The molecule has 0 aliphatic heterocycles. The van der Waals surface area contributed by atoms with Gasteiger partial charge in [-0.25, -0.2) is 4.98 Å². The van der Waals surface area contributed by atoms with Crippen LogP contribution in [-0.4, -0.2) is 25.9 Å². The van der Waals surface area contributed by atoms with Crippen molar-refractivity contribution in [3.63, 3.8) is 0 Å². The Morgan fingerprint density at radius 2 is 2.00 bits per heavy atom. The Labute approximate surface area is 127 Å². The first kappa shape index (κ1) is 15.8. The molecule has 0 saturated carbocycles. The van der Waals surface area contributed by atoms with Crippen molar-refractivity contribution in [3.05, 3.63) is 35.2 Å². The topological polar surface area (TPSA) is 47.7 Å². The lowest BCUT2D eigenvalue weighted by Crippen LogP contribution is -2.27. The highest BCUT2D eigenvalue weighted by Crippen LogP contribution is 2.26. The van der Waals surface area contributed by atoms with E-state index in [-0.39, 0.29) is 6.04 Å². The highest BCUT2D eigenvalue weighted by atomic mass is 15.3. The number of nitrogens with one attached hydrogen (secondary N) is 1. The molecule has 0 aliphatic carbocycles. The largest absolute Gasteiger partial charge is 0.333 e. The van der Waals surface area contributed by atoms with Gasteiger partial charge in [-0.05, 0) is 33.2 Å². The standard InChI is InChI=1S/C16H27N5/c1-6-8-17-15(14-12(3)19-20(5)13(14)4)16-18-9-11-21(16)10-7-2/h9,11,15,17H,6-8,10H2,1-5H3. The van der Waals surface area contributed by atoms with Crippen LogP contribution in [0.3, 0.4) is 0 Å². The van der Waals surface area contributed by atoms with Gasteiger partial charge < -0.3 is 9.88 Å². The van der Waals surface area contributed by atoms with Crippen LogP contribution in [0.25, 0.3) is 0 Å². The molecule has 2 aromatic heterocycles. The number of hydrogen-bond donors (Lipinski definition) is 1. The van der Waals surface area contributed by atoms with E-state index in [1.807, 2.05) is 17.9 Å². The summed E-state index contributed by atoms with van der Waals surface area (Å²) in [4.78, 5) is 4.62. The van der Waals surface area contributed by atoms with E-state index in [1.165, 1.54) is 11.3 Å². The molecular weight excluding hydrogens is 262 g/mol. The molecule has 2 rings (SSSR count). The van der Waals surface area contributed by atoms with Crippen molar-refractivity contribution in [1.29, 1.82) is 0 Å². The highest BCUT2D eigenvalue weighted by Gasteiger charge is 2.24. The van der Waals surface area contributed by atoms with Crippen LogP contribution >= 0.6 is 0 Å². The Balaban J connectivity index is 2.45. The molecule has 0 aliphatic rings. The van der Waals surface area contributed by atoms with Gasteiger partial charge in [0, 0.05) is 37.2 Å². The van der Waals surface area contributed by atoms with Crippen LogP contribution in [0.15, 0.2) is 12.4 Å². The molecule has 21 heavy (non-hydrogen) atoms. The molecule has 1 N–H and O–H groups in total. The summed E-state index contributed by atoms with van der Waals surface area (Å²) in [6.07, 6.45) is 6.17. The maximum atomic E-state index is 4.62. The Morgan fingerprint density at radius 1 is 1.24 bits per heavy atom. The maximum absolute atomic E-state index is 4.62. The monoisotopic (exact) mass is 289 g/mol. The molecule has 5 nitrogen and oxygen atoms in total. The van der Waals surface area contributed by atoms with Gasteiger partial charge in [-0.15, -0.1) is 0 Å². The van der Waals surface area contributed by atoms with E-state index in [4.69, 9.17) is 0 Å². The third-order valence-electron chi connectivity index (χ3n) is 3.92. The van der Waals surface area contributed by atoms with Gasteiger partial charge in [0.15, 0.2) is 0 Å². The second-order valence-electron chi connectivity index (χ2n) is 5.57. The quantitative estimate of drug-likeness (QED) is 0.852. The normalized spacial score (nSPS) is 12.8. The summed E-state index contributed by atoms with van der Waals surface area (Å²) in [6.45, 7) is 10.6. The smallest absolute Gasteiger partial charge is 0.130 e. The van der Waals surface area contributed by atoms with E-state index in [1.54, 1.807) is 0 Å². The molecular formula is C16H27N5. The van der Waals surface area contributed by atoms with E-state index in [0.717, 1.165) is 37.4 Å². The van der Waals surface area contributed by atoms with Gasteiger partial charge in [0.1, 0.15) is 5.82 Å². The molecule has 5 heteroatoms. The molecule has 0 spiro atoms. The van der Waals surface area contributed by atoms with Crippen LogP contribution in [0.4, 0.5) is 0 Å². The number of hydrogen-bond acceptors (Lipinski definition) is 3. The van der Waals surface area contributed by atoms with Crippen molar-refractivity contribution in [3.8, 4) is 0 Å². The van der Waals surface area contributed by atoms with Crippen molar-refractivity contribution < 1.29 is 0 Å². The van der Waals surface area contributed by atoms with E-state index < -0.39 is 0 Å². The molecule has 116 valence electrons. The Kier molecular flexibility index (Phi) is 5.17. The second-order valence-corrected chi connectivity index (χ2v) is 5.57. The van der Waals surface area contributed by atoms with Gasteiger partial charge in [-0.3, -0.25) is 4.68 Å². The average molecular weight is 289 g/mol. The van der Waals surface area contributed by atoms with Gasteiger partial charge in [0.25, 0.3) is 0 Å². The SMILES string of the molecule is CCCNC(c1c(C)nn(C)c1C)c1nccn1CCC. The van der Waals surface area contributed by atoms with Gasteiger partial charge >= 0.3 is 0 Å². The van der Waals surface area contributed by atoms with Gasteiger partial charge in [0.05, 0.1) is 11.7 Å². The third-order valence-corrected chi connectivity index (χ3v) is 3.92. The van der Waals surface area contributed by atoms with E-state index in [0.29, 0.717) is 0 Å². The van der Waals surface area contributed by atoms with Crippen molar-refractivity contribution in [2.75, 3.05) is 6.54 Å². The van der Waals surface area contributed by atoms with Crippen molar-refractivity contribution in [1.82, 2.24) is 24.6 Å². The fourth-order valence-corrected chi connectivity index (χ4v) is 2.83. The maximum Gasteiger partial charge on any atom is 0.130 e. The number of imidazole rings is 1. The number of nitrogens with zero attached hydrogens (tertiary/aromatic N) is 4. The van der Waals surface area contributed by atoms with Crippen LogP contribution in [0.1, 0.15) is 55.5 Å². The fraction of sp³-hybridized carbons (Fsp3) is 0.625. The van der Waals surface area contributed by atoms with E-state index in [2.05, 4.69) is 53.9 Å². The number of aromatic nitrogens is 4. The molecule has 0 saturated heterocycles. The molecule has 1 unspecified atom stereocenters. The van der Waals surface area contributed by atoms with E-state index >= 15 is 0 Å². The van der Waals surface area contributed by atoms with Crippen molar-refractivity contribution in [2.24, 2.45) is 7.05 Å². The minimum atomic E-state index is 0.111. The Morgan fingerprint density at radius 3 is 2.57 bits per heavy atom. The van der Waals surface area contributed by atoms with Crippen molar-refractivity contribution in [2.45, 2.75) is 53.1 Å². The molecule has 0 bridgehead atoms. The zero-order valence-electron chi connectivity index (χ0n) is 13.8. The summed E-state index contributed by atoms with van der Waals surface area (Å²) in [6, 6.07) is 0.111. The lowest BCUT2D eigenvalue weighted by Gasteiger charge is -2.20. The molecule has 1 atom stereocenters. The van der Waals surface area contributed by atoms with E-state index in [9.17, 15) is 0 Å². The van der Waals surface area contributed by atoms with Crippen LogP contribution in [0, 0.1) is 13.8 Å². The summed E-state index contributed by atoms with van der Waals surface area (Å²) < 4.78 is 4.21. The fourth-order valence-electron chi connectivity index (χ4n) is 2.83. The zero-order chi connectivity index (χ0) is 15.4. The third kappa shape index (κ3) is 3.18. The van der Waals surface area contributed by atoms with Gasteiger partial charge in [-0.1, -0.05) is 13.8 Å². The first-order chi connectivity index (χ1) is 10.1. The minimum Gasteiger partial charge on any atom is -0.333 e. The van der Waals surface area contributed by atoms with Crippen LogP contribution in [0.2, 0.25) is 0 Å². The lowest BCUT2D eigenvalue weighted by atomic mass is 10.0. The van der Waals surface area contributed by atoms with Crippen molar-refractivity contribution >= 4 is 0 Å². The molecule has 0 aromatic carbocycles. The predicted molar refractivity (Wildman–Crippen MR) is 85.3 cm³/mol. The summed E-state index contributed by atoms with van der Waals surface area (Å²) in [5.74, 6) is 1.09. The minimum absolute atomic E-state index is 0.111. The van der Waals surface area contributed by atoms with Crippen LogP contribution < -0.4 is 5.32 Å². The molecule has 2 heterocycles. The molecule has 0 fully saturated rings. The lowest BCUT2D eigenvalue weighted by molar-refractivity contribution is 0.526. The van der Waals surface area contributed by atoms with Crippen LogP contribution in [-0.2, 0) is 13.6 Å². The molecule has 0 radical (unpaired) electrons. The average Bonchev–Trinajstić information content (AvgIpc) is 2.99. The Bertz CT molecular complexity index is 582.